The van der Waals surface area contributed by atoms with E-state index in [2.05, 4.69) is 15.0 Å². The number of hydrogen-bond donors (Lipinski definition) is 2. The van der Waals surface area contributed by atoms with Gasteiger partial charge in [-0.25, -0.2) is 0 Å². The van der Waals surface area contributed by atoms with Crippen LogP contribution in [-0.4, -0.2) is 61.7 Å². The first-order valence-corrected chi connectivity index (χ1v) is 9.13. The van der Waals surface area contributed by atoms with E-state index in [-0.39, 0.29) is 12.8 Å². The zero-order valence-electron chi connectivity index (χ0n) is 13.1. The summed E-state index contributed by atoms with van der Waals surface area (Å²) < 4.78 is 0. The highest BCUT2D eigenvalue weighted by atomic mass is 32.2. The molecule has 0 bridgehead atoms. The lowest BCUT2D eigenvalue weighted by atomic mass is 10.5. The Bertz CT molecular complexity index is 502. The monoisotopic (exact) mass is 360 g/mol. The maximum absolute atomic E-state index is 10.6. The van der Waals surface area contributed by atoms with Crippen LogP contribution in [0.4, 0.5) is 5.95 Å². The van der Waals surface area contributed by atoms with Gasteiger partial charge in [-0.3, -0.25) is 9.59 Å². The van der Waals surface area contributed by atoms with Crippen LogP contribution in [-0.2, 0) is 9.59 Å². The van der Waals surface area contributed by atoms with Crippen LogP contribution in [0.3, 0.4) is 0 Å². The molecular formula is C13H20N4O4S2. The zero-order chi connectivity index (χ0) is 17.2. The van der Waals surface area contributed by atoms with Crippen molar-refractivity contribution in [3.05, 3.63) is 0 Å². The lowest BCUT2D eigenvalue weighted by Crippen LogP contribution is -2.24. The molecule has 0 spiro atoms. The van der Waals surface area contributed by atoms with Gasteiger partial charge in [-0.2, -0.15) is 15.0 Å². The first-order chi connectivity index (χ1) is 11.0. The molecule has 0 aliphatic heterocycles. The lowest BCUT2D eigenvalue weighted by molar-refractivity contribution is -0.137. The lowest BCUT2D eigenvalue weighted by Gasteiger charge is -2.19. The molecule has 0 aliphatic rings. The highest BCUT2D eigenvalue weighted by Crippen LogP contribution is 2.22. The molecule has 2 N–H and O–H groups in total. The number of nitrogens with zero attached hydrogens (tertiary/aromatic N) is 4. The van der Waals surface area contributed by atoms with Gasteiger partial charge in [0.1, 0.15) is 0 Å². The number of anilines is 1. The topological polar surface area (TPSA) is 117 Å². The molecule has 0 atom stereocenters. The van der Waals surface area contributed by atoms with E-state index < -0.39 is 11.9 Å². The van der Waals surface area contributed by atoms with Crippen LogP contribution in [0.5, 0.6) is 0 Å². The molecule has 23 heavy (non-hydrogen) atoms. The highest BCUT2D eigenvalue weighted by molar-refractivity contribution is 7.99. The molecule has 8 nitrogen and oxygen atoms in total. The zero-order valence-corrected chi connectivity index (χ0v) is 14.7. The molecule has 1 heterocycles. The normalized spacial score (nSPS) is 10.5. The third-order valence-electron chi connectivity index (χ3n) is 2.72. The fourth-order valence-corrected chi connectivity index (χ4v) is 3.13. The minimum absolute atomic E-state index is 0.0262. The number of rotatable bonds is 11. The number of carboxylic acids is 2. The van der Waals surface area contributed by atoms with Gasteiger partial charge in [-0.15, -0.1) is 0 Å². The molecule has 0 saturated carbocycles. The van der Waals surface area contributed by atoms with Crippen LogP contribution >= 0.6 is 23.5 Å². The molecule has 0 radical (unpaired) electrons. The van der Waals surface area contributed by atoms with Crippen molar-refractivity contribution in [3.8, 4) is 0 Å². The Kier molecular flexibility index (Phi) is 8.70. The standard InChI is InChI=1S/C13H20N4O4S2/c1-3-17(4-2)11-14-12(22-7-5-9(18)19)16-13(15-11)23-8-6-10(20)21/h3-8H2,1-2H3,(H,18,19)(H,20,21). The van der Waals surface area contributed by atoms with Crippen LogP contribution in [0.25, 0.3) is 0 Å². The van der Waals surface area contributed by atoms with Crippen molar-refractivity contribution in [2.45, 2.75) is 37.0 Å². The van der Waals surface area contributed by atoms with Crippen LogP contribution in [0.15, 0.2) is 10.3 Å². The van der Waals surface area contributed by atoms with E-state index in [1.165, 1.54) is 23.5 Å². The van der Waals surface area contributed by atoms with Crippen molar-refractivity contribution in [1.82, 2.24) is 15.0 Å². The minimum Gasteiger partial charge on any atom is -0.481 e. The maximum Gasteiger partial charge on any atom is 0.304 e. The van der Waals surface area contributed by atoms with Gasteiger partial charge in [0.25, 0.3) is 0 Å². The molecule has 1 aromatic rings. The Morgan fingerprint density at radius 1 is 0.913 bits per heavy atom. The van der Waals surface area contributed by atoms with Crippen LogP contribution < -0.4 is 4.90 Å². The predicted molar refractivity (Wildman–Crippen MR) is 89.3 cm³/mol. The largest absolute Gasteiger partial charge is 0.481 e. The van der Waals surface area contributed by atoms with Gasteiger partial charge in [-0.05, 0) is 13.8 Å². The summed E-state index contributed by atoms with van der Waals surface area (Å²) in [7, 11) is 0. The fourth-order valence-electron chi connectivity index (χ4n) is 1.56. The molecule has 1 rings (SSSR count). The van der Waals surface area contributed by atoms with Gasteiger partial charge >= 0.3 is 11.9 Å². The number of carboxylic acid groups (broad SMARTS) is 2. The minimum atomic E-state index is -0.869. The quantitative estimate of drug-likeness (QED) is 0.566. The molecule has 10 heteroatoms. The first kappa shape index (κ1) is 19.5. The van der Waals surface area contributed by atoms with E-state index in [1.54, 1.807) is 0 Å². The first-order valence-electron chi connectivity index (χ1n) is 7.16. The van der Waals surface area contributed by atoms with E-state index in [0.717, 1.165) is 13.1 Å². The summed E-state index contributed by atoms with van der Waals surface area (Å²) in [5.41, 5.74) is 0. The van der Waals surface area contributed by atoms with Gasteiger partial charge in [0.2, 0.25) is 5.95 Å². The number of aliphatic carboxylic acids is 2. The second kappa shape index (κ2) is 10.3. The summed E-state index contributed by atoms with van der Waals surface area (Å²) >= 11 is 2.51. The summed E-state index contributed by atoms with van der Waals surface area (Å²) in [6, 6.07) is 0. The summed E-state index contributed by atoms with van der Waals surface area (Å²) in [6.45, 7) is 5.45. The molecule has 0 amide bonds. The third kappa shape index (κ3) is 7.51. The summed E-state index contributed by atoms with van der Waals surface area (Å²) in [5.74, 6) is -0.467. The van der Waals surface area contributed by atoms with Crippen molar-refractivity contribution >= 4 is 41.4 Å². The molecular weight excluding hydrogens is 340 g/mol. The molecule has 0 fully saturated rings. The van der Waals surface area contributed by atoms with Gasteiger partial charge < -0.3 is 15.1 Å². The van der Waals surface area contributed by atoms with Gasteiger partial charge in [-0.1, -0.05) is 23.5 Å². The second-order valence-corrected chi connectivity index (χ2v) is 6.48. The molecule has 0 aromatic carbocycles. The Hall–Kier alpha value is -1.55. The van der Waals surface area contributed by atoms with E-state index in [1.807, 2.05) is 18.7 Å². The molecule has 128 valence electrons. The van der Waals surface area contributed by atoms with Crippen LogP contribution in [0, 0.1) is 0 Å². The van der Waals surface area contributed by atoms with Crippen molar-refractivity contribution in [2.24, 2.45) is 0 Å². The Morgan fingerprint density at radius 3 is 1.70 bits per heavy atom. The molecule has 0 saturated heterocycles. The van der Waals surface area contributed by atoms with Crippen LogP contribution in [0.2, 0.25) is 0 Å². The Morgan fingerprint density at radius 2 is 1.35 bits per heavy atom. The molecule has 0 aliphatic carbocycles. The third-order valence-corrected chi connectivity index (χ3v) is 4.42. The van der Waals surface area contributed by atoms with Crippen LogP contribution in [0.1, 0.15) is 26.7 Å². The number of thioether (sulfide) groups is 2. The SMILES string of the molecule is CCN(CC)c1nc(SCCC(=O)O)nc(SCCC(=O)O)n1. The van der Waals surface area contributed by atoms with Crippen molar-refractivity contribution in [1.29, 1.82) is 0 Å². The number of aromatic nitrogens is 3. The fraction of sp³-hybridized carbons (Fsp3) is 0.615. The van der Waals surface area contributed by atoms with E-state index in [4.69, 9.17) is 10.2 Å². The summed E-state index contributed by atoms with van der Waals surface area (Å²) in [4.78, 5) is 36.1. The predicted octanol–water partition coefficient (Wildman–Crippen LogP) is 1.85. The summed E-state index contributed by atoms with van der Waals surface area (Å²) in [6.07, 6.45) is 0.0525. The van der Waals surface area contributed by atoms with Gasteiger partial charge in [0.05, 0.1) is 12.8 Å². The van der Waals surface area contributed by atoms with Crippen molar-refractivity contribution in [3.63, 3.8) is 0 Å². The number of hydrogen-bond acceptors (Lipinski definition) is 8. The molecule has 0 unspecified atom stereocenters. The Labute approximate surface area is 143 Å². The average molecular weight is 360 g/mol. The van der Waals surface area contributed by atoms with Crippen molar-refractivity contribution < 1.29 is 19.8 Å². The average Bonchev–Trinajstić information content (AvgIpc) is 2.47. The maximum atomic E-state index is 10.6. The summed E-state index contributed by atoms with van der Waals surface area (Å²) in [5, 5.41) is 18.3. The second-order valence-electron chi connectivity index (χ2n) is 4.36. The van der Waals surface area contributed by atoms with E-state index in [9.17, 15) is 9.59 Å². The van der Waals surface area contributed by atoms with E-state index >= 15 is 0 Å². The highest BCUT2D eigenvalue weighted by Gasteiger charge is 2.13. The Balaban J connectivity index is 2.87. The smallest absolute Gasteiger partial charge is 0.304 e. The number of carbonyl (C=O) groups is 2. The van der Waals surface area contributed by atoms with E-state index in [0.29, 0.717) is 27.8 Å². The molecule has 1 aromatic heterocycles. The van der Waals surface area contributed by atoms with Crippen molar-refractivity contribution in [2.75, 3.05) is 29.5 Å². The van der Waals surface area contributed by atoms with Gasteiger partial charge in [0, 0.05) is 24.6 Å². The van der Waals surface area contributed by atoms with Gasteiger partial charge in [0.15, 0.2) is 10.3 Å².